The number of nitriles is 1. The number of aryl methyl sites for hydroxylation is 1. The molecule has 3 N–H and O–H groups in total. The summed E-state index contributed by atoms with van der Waals surface area (Å²) >= 11 is 0. The molecule has 0 bridgehead atoms. The molecule has 11 nitrogen and oxygen atoms in total. The summed E-state index contributed by atoms with van der Waals surface area (Å²) in [5.41, 5.74) is -0.0488. The Morgan fingerprint density at radius 2 is 1.84 bits per heavy atom. The number of benzene rings is 1. The molecule has 0 aliphatic rings. The van der Waals surface area contributed by atoms with Crippen molar-refractivity contribution in [3.63, 3.8) is 0 Å². The van der Waals surface area contributed by atoms with Crippen molar-refractivity contribution in [2.75, 3.05) is 26.7 Å². The Kier molecular flexibility index (Phi) is 9.46. The maximum absolute atomic E-state index is 12.9. The molecule has 1 rings (SSSR count). The summed E-state index contributed by atoms with van der Waals surface area (Å²) < 4.78 is 9.58. The van der Waals surface area contributed by atoms with E-state index in [1.807, 2.05) is 6.07 Å². The first kappa shape index (κ1) is 26.2. The van der Waals surface area contributed by atoms with Crippen LogP contribution in [0.25, 0.3) is 0 Å². The highest BCUT2D eigenvalue weighted by Gasteiger charge is 2.32. The van der Waals surface area contributed by atoms with Crippen LogP contribution in [0.1, 0.15) is 37.9 Å². The zero-order valence-electron chi connectivity index (χ0n) is 18.7. The van der Waals surface area contributed by atoms with E-state index in [9.17, 15) is 29.5 Å². The molecule has 0 aromatic heterocycles. The SMILES string of the molecule is COC(=O)CNC(=O)C(c1ccc(O)c(C)c1)N(CC#N)C(=O)CNC(=O)OC(C)(C)C. The molecular formula is C21H28N4O7. The van der Waals surface area contributed by atoms with E-state index in [1.165, 1.54) is 18.2 Å². The van der Waals surface area contributed by atoms with Crippen molar-refractivity contribution in [1.29, 1.82) is 5.26 Å². The number of carbonyl (C=O) groups excluding carboxylic acids is 4. The fourth-order valence-electron chi connectivity index (χ4n) is 2.61. The second-order valence-electron chi connectivity index (χ2n) is 7.78. The van der Waals surface area contributed by atoms with Crippen LogP contribution in [0, 0.1) is 18.3 Å². The summed E-state index contributed by atoms with van der Waals surface area (Å²) in [6, 6.07) is 4.76. The molecule has 0 fully saturated rings. The Balaban J connectivity index is 3.19. The number of rotatable bonds is 8. The monoisotopic (exact) mass is 448 g/mol. The van der Waals surface area contributed by atoms with Gasteiger partial charge in [0.05, 0.1) is 13.2 Å². The van der Waals surface area contributed by atoms with Gasteiger partial charge in [-0.15, -0.1) is 0 Å². The Labute approximate surface area is 186 Å². The van der Waals surface area contributed by atoms with E-state index >= 15 is 0 Å². The lowest BCUT2D eigenvalue weighted by Gasteiger charge is -2.30. The smallest absolute Gasteiger partial charge is 0.408 e. The van der Waals surface area contributed by atoms with Gasteiger partial charge in [0.25, 0.3) is 0 Å². The van der Waals surface area contributed by atoms with Crippen molar-refractivity contribution >= 4 is 23.9 Å². The molecule has 0 aliphatic carbocycles. The number of ether oxygens (including phenoxy) is 2. The third-order valence-electron chi connectivity index (χ3n) is 4.08. The molecule has 0 saturated carbocycles. The van der Waals surface area contributed by atoms with Crippen molar-refractivity contribution in [3.05, 3.63) is 29.3 Å². The minimum Gasteiger partial charge on any atom is -0.508 e. The van der Waals surface area contributed by atoms with Gasteiger partial charge in [0.1, 0.15) is 37.0 Å². The predicted octanol–water partition coefficient (Wildman–Crippen LogP) is 0.908. The summed E-state index contributed by atoms with van der Waals surface area (Å²) in [5, 5.41) is 23.7. The summed E-state index contributed by atoms with van der Waals surface area (Å²) in [4.78, 5) is 50.0. The highest BCUT2D eigenvalue weighted by molar-refractivity contribution is 5.92. The van der Waals surface area contributed by atoms with Crippen LogP contribution in [0.5, 0.6) is 5.75 Å². The molecular weight excluding hydrogens is 420 g/mol. The molecule has 0 heterocycles. The average molecular weight is 448 g/mol. The minimum absolute atomic E-state index is 0.0211. The summed E-state index contributed by atoms with van der Waals surface area (Å²) in [5.74, 6) is -2.21. The van der Waals surface area contributed by atoms with E-state index in [4.69, 9.17) is 4.74 Å². The van der Waals surface area contributed by atoms with Gasteiger partial charge in [-0.3, -0.25) is 14.4 Å². The number of phenolic OH excluding ortho intramolecular Hbond substituents is 1. The highest BCUT2D eigenvalue weighted by Crippen LogP contribution is 2.26. The second kappa shape index (κ2) is 11.5. The van der Waals surface area contributed by atoms with Gasteiger partial charge in [-0.1, -0.05) is 6.07 Å². The molecule has 32 heavy (non-hydrogen) atoms. The van der Waals surface area contributed by atoms with Crippen LogP contribution in [-0.2, 0) is 23.9 Å². The van der Waals surface area contributed by atoms with Crippen LogP contribution in [0.3, 0.4) is 0 Å². The minimum atomic E-state index is -1.31. The zero-order valence-corrected chi connectivity index (χ0v) is 18.7. The third kappa shape index (κ3) is 8.14. The van der Waals surface area contributed by atoms with Gasteiger partial charge in [0, 0.05) is 0 Å². The fraction of sp³-hybridized carbons (Fsp3) is 0.476. The number of phenols is 1. The largest absolute Gasteiger partial charge is 0.508 e. The van der Waals surface area contributed by atoms with E-state index in [0.717, 1.165) is 12.0 Å². The Hall–Kier alpha value is -3.81. The van der Waals surface area contributed by atoms with Gasteiger partial charge in [0.2, 0.25) is 11.8 Å². The fourth-order valence-corrected chi connectivity index (χ4v) is 2.61. The molecule has 0 spiro atoms. The Morgan fingerprint density at radius 1 is 1.19 bits per heavy atom. The first-order chi connectivity index (χ1) is 14.9. The maximum Gasteiger partial charge on any atom is 0.408 e. The van der Waals surface area contributed by atoms with Gasteiger partial charge in [-0.25, -0.2) is 4.79 Å². The van der Waals surface area contributed by atoms with Crippen molar-refractivity contribution in [1.82, 2.24) is 15.5 Å². The van der Waals surface area contributed by atoms with Gasteiger partial charge in [0.15, 0.2) is 0 Å². The standard InChI is InChI=1S/C21H28N4O7/c1-13-10-14(6-7-15(13)26)18(19(29)23-12-17(28)31-5)25(9-8-22)16(27)11-24-20(30)32-21(2,3)4/h6-7,10,18,26H,9,11-12H2,1-5H3,(H,23,29)(H,24,30). The molecule has 174 valence electrons. The number of amides is 3. The quantitative estimate of drug-likeness (QED) is 0.391. The van der Waals surface area contributed by atoms with E-state index in [2.05, 4.69) is 15.4 Å². The van der Waals surface area contributed by atoms with Crippen LogP contribution in [0.15, 0.2) is 18.2 Å². The van der Waals surface area contributed by atoms with Crippen molar-refractivity contribution in [2.45, 2.75) is 39.3 Å². The summed E-state index contributed by atoms with van der Waals surface area (Å²) in [6.07, 6.45) is -0.838. The van der Waals surface area contributed by atoms with Crippen LogP contribution in [0.2, 0.25) is 0 Å². The van der Waals surface area contributed by atoms with Gasteiger partial charge in [-0.2, -0.15) is 5.26 Å². The average Bonchev–Trinajstić information content (AvgIpc) is 2.71. The van der Waals surface area contributed by atoms with Crippen LogP contribution < -0.4 is 10.6 Å². The molecule has 11 heteroatoms. The molecule has 1 atom stereocenters. The number of nitrogens with zero attached hydrogens (tertiary/aromatic N) is 2. The first-order valence-corrected chi connectivity index (χ1v) is 9.67. The highest BCUT2D eigenvalue weighted by atomic mass is 16.6. The van der Waals surface area contributed by atoms with Crippen LogP contribution in [-0.4, -0.2) is 66.2 Å². The number of carbonyl (C=O) groups is 4. The third-order valence-corrected chi connectivity index (χ3v) is 4.08. The maximum atomic E-state index is 12.9. The molecule has 0 aliphatic heterocycles. The van der Waals surface area contributed by atoms with Crippen molar-refractivity contribution < 1.29 is 33.8 Å². The number of hydrogen-bond donors (Lipinski definition) is 3. The van der Waals surface area contributed by atoms with Crippen LogP contribution >= 0.6 is 0 Å². The van der Waals surface area contributed by atoms with Gasteiger partial charge in [-0.05, 0) is 51.0 Å². The predicted molar refractivity (Wildman–Crippen MR) is 112 cm³/mol. The molecule has 1 unspecified atom stereocenters. The normalized spacial score (nSPS) is 11.5. The summed E-state index contributed by atoms with van der Waals surface area (Å²) in [7, 11) is 1.16. The van der Waals surface area contributed by atoms with E-state index in [1.54, 1.807) is 27.7 Å². The lowest BCUT2D eigenvalue weighted by molar-refractivity contribution is -0.143. The number of nitrogens with one attached hydrogen (secondary N) is 2. The number of alkyl carbamates (subject to hydrolysis) is 1. The lowest BCUT2D eigenvalue weighted by atomic mass is 10.0. The zero-order chi connectivity index (χ0) is 24.5. The summed E-state index contributed by atoms with van der Waals surface area (Å²) in [6.45, 7) is 5.11. The first-order valence-electron chi connectivity index (χ1n) is 9.67. The molecule has 0 saturated heterocycles. The second-order valence-corrected chi connectivity index (χ2v) is 7.78. The molecule has 1 aromatic carbocycles. The van der Waals surface area contributed by atoms with Gasteiger partial charge < -0.3 is 30.1 Å². The molecule has 1 aromatic rings. The molecule has 3 amide bonds. The number of aromatic hydroxyl groups is 1. The van der Waals surface area contributed by atoms with E-state index in [0.29, 0.717) is 11.1 Å². The Bertz CT molecular complexity index is 902. The van der Waals surface area contributed by atoms with Crippen LogP contribution in [0.4, 0.5) is 4.79 Å². The number of methoxy groups -OCH3 is 1. The lowest BCUT2D eigenvalue weighted by Crippen LogP contribution is -2.48. The van der Waals surface area contributed by atoms with Crippen molar-refractivity contribution in [2.24, 2.45) is 0 Å². The number of hydrogen-bond acceptors (Lipinski definition) is 8. The molecule has 0 radical (unpaired) electrons. The van der Waals surface area contributed by atoms with Gasteiger partial charge >= 0.3 is 12.1 Å². The number of esters is 1. The van der Waals surface area contributed by atoms with E-state index in [-0.39, 0.29) is 5.75 Å². The Morgan fingerprint density at radius 3 is 2.38 bits per heavy atom. The topological polar surface area (TPSA) is 158 Å². The van der Waals surface area contributed by atoms with E-state index < -0.39 is 55.2 Å². The van der Waals surface area contributed by atoms with Crippen molar-refractivity contribution in [3.8, 4) is 11.8 Å².